The average molecular weight is 281 g/mol. The lowest BCUT2D eigenvalue weighted by Crippen LogP contribution is -2.36. The minimum atomic E-state index is 0. The normalized spacial score (nSPS) is 16.9. The smallest absolute Gasteiger partial charge is 0.429 e. The fraction of sp³-hybridized carbons (Fsp3) is 0.333. The second kappa shape index (κ2) is 5.66. The molecule has 0 aliphatic heterocycles. The van der Waals surface area contributed by atoms with Gasteiger partial charge in [-0.2, -0.15) is 0 Å². The van der Waals surface area contributed by atoms with Crippen LogP contribution < -0.4 is 0 Å². The molecule has 0 aromatic heterocycles. The summed E-state index contributed by atoms with van der Waals surface area (Å²) < 4.78 is 0. The van der Waals surface area contributed by atoms with E-state index in [1.807, 2.05) is 0 Å². The Labute approximate surface area is 127 Å². The fourth-order valence-corrected chi connectivity index (χ4v) is 3.44. The number of fused-ring (bicyclic) bond motifs is 2. The van der Waals surface area contributed by atoms with E-state index in [1.54, 1.807) is 0 Å². The molecule has 0 saturated heterocycles. The van der Waals surface area contributed by atoms with E-state index in [9.17, 15) is 0 Å². The molecule has 2 N–H and O–H groups in total. The van der Waals surface area contributed by atoms with Gasteiger partial charge in [-0.05, 0) is 22.3 Å². The molecule has 2 nitrogen and oxygen atoms in total. The van der Waals surface area contributed by atoms with Gasteiger partial charge in [-0.15, -0.1) is 0 Å². The molecule has 21 heavy (non-hydrogen) atoms. The van der Waals surface area contributed by atoms with Crippen LogP contribution in [0.25, 0.3) is 0 Å². The van der Waals surface area contributed by atoms with Crippen molar-refractivity contribution in [3.05, 3.63) is 70.8 Å². The van der Waals surface area contributed by atoms with Crippen molar-refractivity contribution in [1.82, 2.24) is 0 Å². The highest BCUT2D eigenvalue weighted by Gasteiger charge is 2.40. The standard InChI is InChI=1S/C18H20.BH2O2/c1-17(2)13-9-5-7-11-15(13)18(3,4)16-12-8-6-10-14(16)17;2-1-3/h5-12H,1-4H3;2-3H. The van der Waals surface area contributed by atoms with Crippen molar-refractivity contribution in [2.45, 2.75) is 38.5 Å². The maximum atomic E-state index is 7.00. The van der Waals surface area contributed by atoms with E-state index in [-0.39, 0.29) is 18.5 Å². The molecule has 0 atom stereocenters. The molecular formula is C18H22BO2. The summed E-state index contributed by atoms with van der Waals surface area (Å²) in [6, 6.07) is 17.8. The Hall–Kier alpha value is -1.58. The first kappa shape index (κ1) is 15.8. The zero-order chi connectivity index (χ0) is 15.7. The molecule has 0 spiro atoms. The van der Waals surface area contributed by atoms with Gasteiger partial charge in [0, 0.05) is 10.8 Å². The molecule has 0 saturated carbocycles. The van der Waals surface area contributed by atoms with Gasteiger partial charge >= 0.3 is 7.69 Å². The third kappa shape index (κ3) is 2.52. The zero-order valence-electron chi connectivity index (χ0n) is 13.1. The lowest BCUT2D eigenvalue weighted by atomic mass is 9.60. The van der Waals surface area contributed by atoms with E-state index in [0.717, 1.165) is 0 Å². The maximum absolute atomic E-state index is 7.00. The molecule has 3 rings (SSSR count). The van der Waals surface area contributed by atoms with Crippen molar-refractivity contribution in [3.63, 3.8) is 0 Å². The largest absolute Gasteiger partial charge is 0.482 e. The molecule has 0 unspecified atom stereocenters. The summed E-state index contributed by atoms with van der Waals surface area (Å²) in [6.07, 6.45) is 0. The van der Waals surface area contributed by atoms with Crippen LogP contribution in [0.2, 0.25) is 0 Å². The average Bonchev–Trinajstić information content (AvgIpc) is 2.47. The summed E-state index contributed by atoms with van der Waals surface area (Å²) >= 11 is 0. The van der Waals surface area contributed by atoms with Crippen molar-refractivity contribution in [3.8, 4) is 0 Å². The molecule has 1 aliphatic rings. The third-order valence-corrected chi connectivity index (χ3v) is 4.55. The van der Waals surface area contributed by atoms with Crippen molar-refractivity contribution < 1.29 is 10.0 Å². The first-order valence-corrected chi connectivity index (χ1v) is 7.17. The fourth-order valence-electron chi connectivity index (χ4n) is 3.44. The highest BCUT2D eigenvalue weighted by Crippen LogP contribution is 2.49. The van der Waals surface area contributed by atoms with Crippen LogP contribution in [0, 0.1) is 0 Å². The molecule has 0 amide bonds. The molecule has 3 heteroatoms. The number of hydrogen-bond donors (Lipinski definition) is 2. The van der Waals surface area contributed by atoms with Crippen LogP contribution in [0.5, 0.6) is 0 Å². The lowest BCUT2D eigenvalue weighted by Gasteiger charge is -2.43. The Morgan fingerprint density at radius 1 is 0.619 bits per heavy atom. The zero-order valence-corrected chi connectivity index (χ0v) is 13.1. The number of benzene rings is 2. The van der Waals surface area contributed by atoms with Crippen LogP contribution in [0.4, 0.5) is 0 Å². The van der Waals surface area contributed by atoms with Crippen molar-refractivity contribution in [2.75, 3.05) is 0 Å². The van der Waals surface area contributed by atoms with E-state index in [4.69, 9.17) is 10.0 Å². The van der Waals surface area contributed by atoms with Gasteiger partial charge in [-0.3, -0.25) is 0 Å². The van der Waals surface area contributed by atoms with Gasteiger partial charge in [-0.1, -0.05) is 76.2 Å². The van der Waals surface area contributed by atoms with Gasteiger partial charge in [0.1, 0.15) is 0 Å². The summed E-state index contributed by atoms with van der Waals surface area (Å²) in [7, 11) is 0. The van der Waals surface area contributed by atoms with Gasteiger partial charge in [0.05, 0.1) is 0 Å². The monoisotopic (exact) mass is 281 g/mol. The van der Waals surface area contributed by atoms with Crippen LogP contribution >= 0.6 is 0 Å². The highest BCUT2D eigenvalue weighted by atomic mass is 16.4. The van der Waals surface area contributed by atoms with Gasteiger partial charge in [-0.25, -0.2) is 0 Å². The van der Waals surface area contributed by atoms with E-state index >= 15 is 0 Å². The summed E-state index contributed by atoms with van der Waals surface area (Å²) in [6.45, 7) is 9.33. The minimum absolute atomic E-state index is 0. The topological polar surface area (TPSA) is 40.5 Å². The summed E-state index contributed by atoms with van der Waals surface area (Å²) in [5.74, 6) is 0. The Bertz CT molecular complexity index is 527. The first-order valence-electron chi connectivity index (χ1n) is 7.17. The van der Waals surface area contributed by atoms with Gasteiger partial charge in [0.25, 0.3) is 0 Å². The summed E-state index contributed by atoms with van der Waals surface area (Å²) in [5, 5.41) is 14.0. The van der Waals surface area contributed by atoms with E-state index in [1.165, 1.54) is 22.3 Å². The maximum Gasteiger partial charge on any atom is 0.482 e. The molecule has 0 heterocycles. The number of rotatable bonds is 0. The Kier molecular flexibility index (Phi) is 4.26. The van der Waals surface area contributed by atoms with Gasteiger partial charge in [0.2, 0.25) is 0 Å². The minimum Gasteiger partial charge on any atom is -0.429 e. The molecule has 0 bridgehead atoms. The van der Waals surface area contributed by atoms with E-state index in [0.29, 0.717) is 0 Å². The van der Waals surface area contributed by atoms with Crippen LogP contribution in [-0.4, -0.2) is 17.7 Å². The summed E-state index contributed by atoms with van der Waals surface area (Å²) in [5.41, 5.74) is 6.07. The Morgan fingerprint density at radius 3 is 1.00 bits per heavy atom. The van der Waals surface area contributed by atoms with Crippen LogP contribution in [0.15, 0.2) is 48.5 Å². The second-order valence-corrected chi connectivity index (χ2v) is 6.46. The van der Waals surface area contributed by atoms with Crippen molar-refractivity contribution >= 4 is 7.69 Å². The molecule has 1 aliphatic carbocycles. The predicted molar refractivity (Wildman–Crippen MR) is 87.3 cm³/mol. The molecular weight excluding hydrogens is 259 g/mol. The Morgan fingerprint density at radius 2 is 0.810 bits per heavy atom. The molecule has 109 valence electrons. The summed E-state index contributed by atoms with van der Waals surface area (Å²) in [4.78, 5) is 0. The molecule has 2 aromatic carbocycles. The molecule has 1 radical (unpaired) electrons. The van der Waals surface area contributed by atoms with Gasteiger partial charge < -0.3 is 10.0 Å². The molecule has 0 fully saturated rings. The molecule has 2 aromatic rings. The van der Waals surface area contributed by atoms with Crippen molar-refractivity contribution in [1.29, 1.82) is 0 Å². The van der Waals surface area contributed by atoms with E-state index < -0.39 is 0 Å². The first-order chi connectivity index (χ1) is 9.87. The van der Waals surface area contributed by atoms with Crippen LogP contribution in [-0.2, 0) is 10.8 Å². The second-order valence-electron chi connectivity index (χ2n) is 6.46. The highest BCUT2D eigenvalue weighted by molar-refractivity contribution is 6.13. The Balaban J connectivity index is 0.000000497. The van der Waals surface area contributed by atoms with Gasteiger partial charge in [0.15, 0.2) is 0 Å². The van der Waals surface area contributed by atoms with Crippen LogP contribution in [0.3, 0.4) is 0 Å². The van der Waals surface area contributed by atoms with Crippen LogP contribution in [0.1, 0.15) is 49.9 Å². The number of hydrogen-bond acceptors (Lipinski definition) is 2. The third-order valence-electron chi connectivity index (χ3n) is 4.55. The lowest BCUT2D eigenvalue weighted by molar-refractivity contribution is 0.448. The van der Waals surface area contributed by atoms with E-state index in [2.05, 4.69) is 76.2 Å². The SMILES string of the molecule is CC1(C)c2ccccc2C(C)(C)c2ccccc21.O[B]O. The predicted octanol–water partition coefficient (Wildman–Crippen LogP) is 3.16. The quantitative estimate of drug-likeness (QED) is 0.728. The van der Waals surface area contributed by atoms with Crippen molar-refractivity contribution in [2.24, 2.45) is 0 Å².